The van der Waals surface area contributed by atoms with Crippen LogP contribution in [0.1, 0.15) is 21.0 Å². The van der Waals surface area contributed by atoms with Crippen molar-refractivity contribution >= 4 is 33.7 Å². The van der Waals surface area contributed by atoms with Crippen LogP contribution < -0.4 is 0 Å². The summed E-state index contributed by atoms with van der Waals surface area (Å²) in [6.45, 7) is 0. The molecule has 0 fully saturated rings. The van der Waals surface area contributed by atoms with Gasteiger partial charge in [0.15, 0.2) is 0 Å². The molecule has 142 valence electrons. The molecule has 0 saturated heterocycles. The number of aromatic carboxylic acids is 2. The van der Waals surface area contributed by atoms with E-state index in [2.05, 4.69) is 9.97 Å². The first-order chi connectivity index (χ1) is 13.4. The Kier molecular flexibility index (Phi) is 6.80. The van der Waals surface area contributed by atoms with Gasteiger partial charge in [0.05, 0.1) is 0 Å². The zero-order valence-corrected chi connectivity index (χ0v) is 17.9. The van der Waals surface area contributed by atoms with Crippen molar-refractivity contribution in [1.29, 1.82) is 0 Å². The number of benzene rings is 2. The number of hydrogen-bond donors (Lipinski definition) is 4. The van der Waals surface area contributed by atoms with Crippen LogP contribution in [0.3, 0.4) is 0 Å². The van der Waals surface area contributed by atoms with E-state index >= 15 is 0 Å². The molecule has 9 heteroatoms. The summed E-state index contributed by atoms with van der Waals surface area (Å²) in [5, 5.41) is 37.7. The second-order valence-corrected chi connectivity index (χ2v) is 5.70. The van der Waals surface area contributed by atoms with Crippen LogP contribution in [0.15, 0.2) is 60.7 Å². The van der Waals surface area contributed by atoms with Crippen LogP contribution >= 0.6 is 0 Å². The van der Waals surface area contributed by atoms with E-state index in [1.165, 1.54) is 24.3 Å². The summed E-state index contributed by atoms with van der Waals surface area (Å²) in [6.07, 6.45) is 0. The van der Waals surface area contributed by atoms with Crippen molar-refractivity contribution in [1.82, 2.24) is 9.97 Å². The molecule has 0 saturated carbocycles. The van der Waals surface area contributed by atoms with Crippen LogP contribution in [0.5, 0.6) is 11.5 Å². The molecule has 0 amide bonds. The third kappa shape index (κ3) is 4.83. The van der Waals surface area contributed by atoms with Crippen LogP contribution in [0.25, 0.3) is 21.8 Å². The molecular formula is C20H14N2O6Zn. The Hall–Kier alpha value is -3.58. The van der Waals surface area contributed by atoms with Crippen molar-refractivity contribution in [3.05, 3.63) is 72.1 Å². The Balaban J connectivity index is 0.000000200. The number of phenols is 2. The number of nitrogens with zero attached hydrogens (tertiary/aromatic N) is 2. The summed E-state index contributed by atoms with van der Waals surface area (Å²) in [6, 6.07) is 15.9. The van der Waals surface area contributed by atoms with Gasteiger partial charge in [0, 0.05) is 30.3 Å². The number of carboxylic acid groups (broad SMARTS) is 2. The summed E-state index contributed by atoms with van der Waals surface area (Å²) in [7, 11) is 0. The van der Waals surface area contributed by atoms with Gasteiger partial charge < -0.3 is 20.4 Å². The number of rotatable bonds is 2. The van der Waals surface area contributed by atoms with Crippen molar-refractivity contribution in [3.8, 4) is 11.5 Å². The molecule has 8 nitrogen and oxygen atoms in total. The summed E-state index contributed by atoms with van der Waals surface area (Å²) in [5.41, 5.74) is 0.484. The van der Waals surface area contributed by atoms with Crippen LogP contribution in [0.2, 0.25) is 0 Å². The van der Waals surface area contributed by atoms with Crippen LogP contribution in [0.4, 0.5) is 0 Å². The second kappa shape index (κ2) is 9.08. The number of aromatic hydroxyl groups is 2. The van der Waals surface area contributed by atoms with E-state index < -0.39 is 11.9 Å². The van der Waals surface area contributed by atoms with Crippen molar-refractivity contribution in [2.45, 2.75) is 0 Å². The zero-order valence-electron chi connectivity index (χ0n) is 15.0. The van der Waals surface area contributed by atoms with E-state index in [0.29, 0.717) is 11.0 Å². The molecule has 0 unspecified atom stereocenters. The minimum atomic E-state index is -1.10. The average molecular weight is 444 g/mol. The van der Waals surface area contributed by atoms with Crippen LogP contribution in [-0.4, -0.2) is 42.3 Å². The first-order valence-electron chi connectivity index (χ1n) is 8.01. The van der Waals surface area contributed by atoms with E-state index in [-0.39, 0.29) is 42.4 Å². The molecule has 0 spiro atoms. The number of pyridine rings is 2. The smallest absolute Gasteiger partial charge is 0.354 e. The summed E-state index contributed by atoms with van der Waals surface area (Å²) < 4.78 is 0. The number of carbonyl (C=O) groups is 2. The van der Waals surface area contributed by atoms with Crippen molar-refractivity contribution < 1.29 is 49.5 Å². The first kappa shape index (κ1) is 21.7. The summed E-state index contributed by atoms with van der Waals surface area (Å²) in [4.78, 5) is 28.9. The predicted octanol–water partition coefficient (Wildman–Crippen LogP) is 3.27. The van der Waals surface area contributed by atoms with E-state index in [0.717, 1.165) is 10.8 Å². The van der Waals surface area contributed by atoms with E-state index in [9.17, 15) is 19.8 Å². The molecule has 0 radical (unpaired) electrons. The van der Waals surface area contributed by atoms with E-state index in [1.807, 2.05) is 0 Å². The predicted molar refractivity (Wildman–Crippen MR) is 101 cm³/mol. The van der Waals surface area contributed by atoms with Gasteiger partial charge in [-0.1, -0.05) is 36.4 Å². The van der Waals surface area contributed by atoms with Gasteiger partial charge >= 0.3 is 11.9 Å². The maximum absolute atomic E-state index is 10.6. The number of carboxylic acids is 2. The summed E-state index contributed by atoms with van der Waals surface area (Å²) in [5.74, 6) is -2.22. The van der Waals surface area contributed by atoms with E-state index in [1.54, 1.807) is 36.4 Å². The molecule has 0 aliphatic carbocycles. The summed E-state index contributed by atoms with van der Waals surface area (Å²) >= 11 is 0. The Morgan fingerprint density at radius 2 is 1.00 bits per heavy atom. The molecular weight excluding hydrogens is 430 g/mol. The van der Waals surface area contributed by atoms with Gasteiger partial charge in [0.2, 0.25) is 0 Å². The van der Waals surface area contributed by atoms with Gasteiger partial charge in [-0.25, -0.2) is 19.6 Å². The van der Waals surface area contributed by atoms with Crippen LogP contribution in [0, 0.1) is 0 Å². The fraction of sp³-hybridized carbons (Fsp3) is 0. The normalized spacial score (nSPS) is 9.93. The van der Waals surface area contributed by atoms with Crippen LogP contribution in [-0.2, 0) is 19.5 Å². The molecule has 4 rings (SSSR count). The second-order valence-electron chi connectivity index (χ2n) is 5.70. The maximum atomic E-state index is 10.6. The standard InChI is InChI=1S/2C10H7NO3.Zn/c2*12-8-3-1-2-6-4-5-7(10(13)14)11-9(6)8;/h2*1-5,12H,(H,13,14);. The van der Waals surface area contributed by atoms with Crippen molar-refractivity contribution in [2.75, 3.05) is 0 Å². The fourth-order valence-corrected chi connectivity index (χ4v) is 2.50. The number of fused-ring (bicyclic) bond motifs is 2. The molecule has 2 aromatic carbocycles. The van der Waals surface area contributed by atoms with Gasteiger partial charge in [-0.15, -0.1) is 0 Å². The molecule has 2 heterocycles. The van der Waals surface area contributed by atoms with Crippen molar-refractivity contribution in [3.63, 3.8) is 0 Å². The largest absolute Gasteiger partial charge is 0.506 e. The minimum Gasteiger partial charge on any atom is -0.506 e. The molecule has 0 aliphatic rings. The maximum Gasteiger partial charge on any atom is 0.354 e. The third-order valence-electron chi connectivity index (χ3n) is 3.84. The van der Waals surface area contributed by atoms with Crippen molar-refractivity contribution in [2.24, 2.45) is 0 Å². The van der Waals surface area contributed by atoms with Gasteiger partial charge in [0.25, 0.3) is 0 Å². The number of phenolic OH excluding ortho intramolecular Hbond substituents is 2. The molecule has 29 heavy (non-hydrogen) atoms. The molecule has 4 aromatic rings. The quantitative estimate of drug-likeness (QED) is 0.346. The Morgan fingerprint density at radius 1 is 0.621 bits per heavy atom. The third-order valence-corrected chi connectivity index (χ3v) is 3.84. The first-order valence-corrected chi connectivity index (χ1v) is 8.01. The van der Waals surface area contributed by atoms with Gasteiger partial charge in [-0.05, 0) is 24.3 Å². The molecule has 0 atom stereocenters. The molecule has 0 aliphatic heterocycles. The molecule has 4 N–H and O–H groups in total. The Bertz CT molecular complexity index is 1120. The topological polar surface area (TPSA) is 141 Å². The SMILES string of the molecule is O=C(O)c1ccc2cccc(O)c2n1.O=C(O)c1ccc2cccc(O)c2n1.[Zn]. The number of para-hydroxylation sites is 2. The molecule has 0 bridgehead atoms. The van der Waals surface area contributed by atoms with E-state index in [4.69, 9.17) is 10.2 Å². The fourth-order valence-electron chi connectivity index (χ4n) is 2.50. The van der Waals surface area contributed by atoms with Gasteiger partial charge in [0.1, 0.15) is 33.9 Å². The number of hydrogen-bond acceptors (Lipinski definition) is 6. The average Bonchev–Trinajstić information content (AvgIpc) is 2.68. The zero-order chi connectivity index (χ0) is 20.3. The molecule has 2 aromatic heterocycles. The van der Waals surface area contributed by atoms with Gasteiger partial charge in [-0.3, -0.25) is 0 Å². The number of aromatic nitrogens is 2. The monoisotopic (exact) mass is 442 g/mol. The van der Waals surface area contributed by atoms with Gasteiger partial charge in [-0.2, -0.15) is 0 Å². The minimum absolute atomic E-state index is 0. The Morgan fingerprint density at radius 3 is 1.34 bits per heavy atom. The Labute approximate surface area is 176 Å².